The molecule has 0 radical (unpaired) electrons. The molecule has 6 aliphatic rings. The molecule has 16 heteroatoms. The van der Waals surface area contributed by atoms with Gasteiger partial charge in [0.1, 0.15) is 35.7 Å². The first-order valence-corrected chi connectivity index (χ1v) is 22.7. The number of sulfonamides is 1. The summed E-state index contributed by atoms with van der Waals surface area (Å²) in [5.41, 5.74) is 0.00532. The minimum atomic E-state index is -4.07. The Kier molecular flexibility index (Phi) is 11.5. The molecule has 1 aromatic carbocycles. The van der Waals surface area contributed by atoms with E-state index in [0.29, 0.717) is 66.9 Å². The second-order valence-electron chi connectivity index (χ2n) is 17.2. The molecule has 4 heterocycles. The number of ether oxygens (including phenoxy) is 3. The molecule has 59 heavy (non-hydrogen) atoms. The van der Waals surface area contributed by atoms with E-state index in [4.69, 9.17) is 24.2 Å². The maximum Gasteiger partial charge on any atom is 0.408 e. The minimum Gasteiger partial charge on any atom is -0.497 e. The van der Waals surface area contributed by atoms with Crippen molar-refractivity contribution in [2.75, 3.05) is 13.7 Å². The molecule has 0 spiro atoms. The molecule has 3 aliphatic heterocycles. The lowest BCUT2D eigenvalue weighted by molar-refractivity contribution is -0.141. The minimum absolute atomic E-state index is 0.0117. The Morgan fingerprint density at radius 3 is 2.56 bits per heavy atom. The maximum absolute atomic E-state index is 14.8. The first-order valence-electron chi connectivity index (χ1n) is 21.3. The highest BCUT2D eigenvalue weighted by molar-refractivity contribution is 7.91. The number of alkyl carbamates (subject to hydrolysis) is 1. The monoisotopic (exact) mass is 830 g/mol. The maximum atomic E-state index is 14.8. The van der Waals surface area contributed by atoms with Gasteiger partial charge in [-0.25, -0.2) is 27.9 Å². The third-order valence-electron chi connectivity index (χ3n) is 13.1. The van der Waals surface area contributed by atoms with E-state index in [2.05, 4.69) is 27.2 Å². The highest BCUT2D eigenvalue weighted by atomic mass is 32.2. The summed E-state index contributed by atoms with van der Waals surface area (Å²) < 4.78 is 45.8. The molecule has 2 saturated carbocycles. The van der Waals surface area contributed by atoms with Gasteiger partial charge in [0.15, 0.2) is 5.54 Å². The first kappa shape index (κ1) is 40.9. The van der Waals surface area contributed by atoms with Gasteiger partial charge in [0.05, 0.1) is 35.4 Å². The van der Waals surface area contributed by atoms with Crippen LogP contribution in [0.2, 0.25) is 0 Å². The van der Waals surface area contributed by atoms with Crippen LogP contribution in [0.5, 0.6) is 11.6 Å². The highest BCUT2D eigenvalue weighted by Crippen LogP contribution is 2.43. The second-order valence-corrected chi connectivity index (χ2v) is 19.4. The van der Waals surface area contributed by atoms with Gasteiger partial charge in [-0.05, 0) is 95.6 Å². The van der Waals surface area contributed by atoms with Gasteiger partial charge in [0.2, 0.25) is 27.7 Å². The number of rotatable bonds is 4. The number of benzene rings is 1. The van der Waals surface area contributed by atoms with Crippen molar-refractivity contribution in [1.82, 2.24) is 30.2 Å². The number of allylic oxidation sites excluding steroid dienone is 1. The molecule has 8 rings (SSSR count). The summed E-state index contributed by atoms with van der Waals surface area (Å²) in [6.07, 6.45) is 12.8. The van der Waals surface area contributed by atoms with E-state index in [1.165, 1.54) is 4.90 Å². The number of methoxy groups -OCH3 is 1. The predicted octanol–water partition coefficient (Wildman–Crippen LogP) is 4.37. The van der Waals surface area contributed by atoms with Gasteiger partial charge in [-0.15, -0.1) is 0 Å². The van der Waals surface area contributed by atoms with E-state index < -0.39 is 68.2 Å². The number of amides is 4. The van der Waals surface area contributed by atoms with E-state index in [0.717, 1.165) is 57.8 Å². The van der Waals surface area contributed by atoms with Gasteiger partial charge in [-0.1, -0.05) is 49.7 Å². The van der Waals surface area contributed by atoms with Crippen LogP contribution >= 0.6 is 0 Å². The standard InChI is InChI=1S/C43H54N6O9S/c1-42(22-23-42)59(54,55)48-40(52)43-21-20-28(43)14-8-4-3-5-9-16-33-39(51)49-26-30(25-35(49)37(50)47-43)57-38-32(44-31-19-18-29(56-2)24-34(31)45-38)15-10-6-7-12-27-13-11-17-36(27)58-41(53)46-33/h8,14,18-19,24,27-28,30,33,35-36H,3-7,9-13,15-17,22-23,25-26H2,1-2H3,(H,46,53)(H,47,50)(H,48,52)/b14-8-/t27-,28-,30-,33+,35+,36-,43-/m1/s1. The van der Waals surface area contributed by atoms with Gasteiger partial charge in [-0.2, -0.15) is 0 Å². The van der Waals surface area contributed by atoms with Crippen LogP contribution in [0.15, 0.2) is 30.4 Å². The number of aromatic nitrogens is 2. The van der Waals surface area contributed by atoms with Crippen molar-refractivity contribution in [3.05, 3.63) is 36.0 Å². The molecule has 3 aliphatic carbocycles. The highest BCUT2D eigenvalue weighted by Gasteiger charge is 2.56. The number of hydrogen-bond acceptors (Lipinski definition) is 11. The van der Waals surface area contributed by atoms with Gasteiger partial charge < -0.3 is 29.7 Å². The normalized spacial score (nSPS) is 31.6. The van der Waals surface area contributed by atoms with Crippen molar-refractivity contribution in [2.45, 2.75) is 144 Å². The summed E-state index contributed by atoms with van der Waals surface area (Å²) in [5, 5.41) is 5.70. The number of carbonyl (C=O) groups excluding carboxylic acids is 4. The summed E-state index contributed by atoms with van der Waals surface area (Å²) in [4.78, 5) is 68.3. The Morgan fingerprint density at radius 1 is 0.983 bits per heavy atom. The van der Waals surface area contributed by atoms with Gasteiger partial charge >= 0.3 is 6.09 Å². The Hall–Kier alpha value is -4.91. The molecule has 3 N–H and O–H groups in total. The zero-order valence-corrected chi connectivity index (χ0v) is 34.6. The number of nitrogens with one attached hydrogen (secondary N) is 3. The Labute approximate surface area is 345 Å². The fourth-order valence-electron chi connectivity index (χ4n) is 9.03. The lowest BCUT2D eigenvalue weighted by atomic mass is 9.75. The zero-order chi connectivity index (χ0) is 41.4. The van der Waals surface area contributed by atoms with Crippen molar-refractivity contribution in [3.8, 4) is 23.5 Å². The molecule has 0 unspecified atom stereocenters. The van der Waals surface area contributed by atoms with E-state index in [1.807, 2.05) is 18.2 Å². The molecule has 7 atom stereocenters. The molecule has 3 bridgehead atoms. The fraction of sp³-hybridized carbons (Fsp3) is 0.628. The molecular weight excluding hydrogens is 777 g/mol. The van der Waals surface area contributed by atoms with Crippen LogP contribution in [0.3, 0.4) is 0 Å². The summed E-state index contributed by atoms with van der Waals surface area (Å²) in [5.74, 6) is 3.93. The fourth-order valence-corrected chi connectivity index (χ4v) is 10.3. The van der Waals surface area contributed by atoms with Crippen LogP contribution < -0.4 is 24.8 Å². The lowest BCUT2D eigenvalue weighted by Crippen LogP contribution is -2.68. The summed E-state index contributed by atoms with van der Waals surface area (Å²) >= 11 is 0. The van der Waals surface area contributed by atoms with Gasteiger partial charge in [-0.3, -0.25) is 14.4 Å². The van der Waals surface area contributed by atoms with Gasteiger partial charge in [0, 0.05) is 12.5 Å². The van der Waals surface area contributed by atoms with Crippen LogP contribution in [0.4, 0.5) is 4.79 Å². The second kappa shape index (κ2) is 16.6. The van der Waals surface area contributed by atoms with Crippen molar-refractivity contribution >= 4 is 44.9 Å². The predicted molar refractivity (Wildman–Crippen MR) is 216 cm³/mol. The van der Waals surface area contributed by atoms with Gasteiger partial charge in [0.25, 0.3) is 5.91 Å². The van der Waals surface area contributed by atoms with Crippen LogP contribution in [0.1, 0.15) is 109 Å². The average molecular weight is 831 g/mol. The van der Waals surface area contributed by atoms with Crippen molar-refractivity contribution in [2.24, 2.45) is 11.8 Å². The molecular formula is C43H54N6O9S. The van der Waals surface area contributed by atoms with Crippen molar-refractivity contribution < 1.29 is 41.8 Å². The lowest BCUT2D eigenvalue weighted by Gasteiger charge is -2.38. The Morgan fingerprint density at radius 2 is 1.78 bits per heavy atom. The third kappa shape index (κ3) is 8.45. The van der Waals surface area contributed by atoms with Crippen LogP contribution in [-0.2, 0) is 35.6 Å². The Balaban J connectivity index is 1.15. The van der Waals surface area contributed by atoms with E-state index >= 15 is 0 Å². The van der Waals surface area contributed by atoms with Crippen LogP contribution in [-0.4, -0.2) is 95.3 Å². The largest absolute Gasteiger partial charge is 0.497 e. The number of fused-ring (bicyclic) bond motifs is 6. The number of aryl methyl sites for hydroxylation is 1. The molecule has 1 saturated heterocycles. The van der Waals surface area contributed by atoms with Crippen molar-refractivity contribution in [1.29, 1.82) is 0 Å². The Bertz CT molecular complexity index is 2200. The number of carbonyl (C=O) groups is 4. The third-order valence-corrected chi connectivity index (χ3v) is 15.2. The van der Waals surface area contributed by atoms with E-state index in [-0.39, 0.29) is 25.0 Å². The molecule has 316 valence electrons. The van der Waals surface area contributed by atoms with Crippen molar-refractivity contribution in [3.63, 3.8) is 0 Å². The first-order chi connectivity index (χ1) is 28.4. The summed E-state index contributed by atoms with van der Waals surface area (Å²) in [6.45, 7) is 1.54. The molecule has 1 aromatic heterocycles. The molecule has 15 nitrogen and oxygen atoms in total. The molecule has 2 aromatic rings. The topological polar surface area (TPSA) is 195 Å². The van der Waals surface area contributed by atoms with Crippen LogP contribution in [0, 0.1) is 23.7 Å². The quantitative estimate of drug-likeness (QED) is 0.293. The average Bonchev–Trinajstić information content (AvgIpc) is 3.61. The zero-order valence-electron chi connectivity index (χ0n) is 33.8. The number of hydrogen-bond donors (Lipinski definition) is 3. The molecule has 4 amide bonds. The van der Waals surface area contributed by atoms with Crippen LogP contribution in [0.25, 0.3) is 11.0 Å². The molecule has 3 fully saturated rings. The summed E-state index contributed by atoms with van der Waals surface area (Å²) in [7, 11) is -2.50. The van der Waals surface area contributed by atoms with E-state index in [9.17, 15) is 27.6 Å². The summed E-state index contributed by atoms with van der Waals surface area (Å²) in [6, 6.07) is 3.28. The SMILES string of the molecule is COc1ccc2nc3c(nc2c1)O[C@@H]1C[C@H]2C(=O)N[C@]4(C(=O)NS(=O)(=O)C5(C)CC5)C#C[C@H]4/C=C\CCCCC[C@H](NC(=O)O[C@@H]4CCC[C@H]4CCCCC3)C(=O)N2C1. The smallest absolute Gasteiger partial charge is 0.408 e. The van der Waals surface area contributed by atoms with E-state index in [1.54, 1.807) is 26.2 Å². The number of nitrogens with zero attached hydrogens (tertiary/aromatic N) is 3.